The lowest BCUT2D eigenvalue weighted by Gasteiger charge is -2.22. The maximum atomic E-state index is 12.1. The van der Waals surface area contributed by atoms with Crippen LogP contribution in [0.1, 0.15) is 139 Å². The van der Waals surface area contributed by atoms with E-state index in [1.54, 1.807) is 0 Å². The van der Waals surface area contributed by atoms with Gasteiger partial charge in [0.2, 0.25) is 17.7 Å². The largest absolute Gasteiger partial charge is 0.356 e. The maximum absolute atomic E-state index is 12.1. The Morgan fingerprint density at radius 1 is 0.951 bits per heavy atom. The van der Waals surface area contributed by atoms with Crippen LogP contribution in [0.5, 0.6) is 0 Å². The average Bonchev–Trinajstić information content (AvgIpc) is 3.61. The Balaban J connectivity index is 0. The normalized spacial score (nSPS) is 20.8. The molecular weight excluding hydrogens is 516 g/mol. The van der Waals surface area contributed by atoms with Crippen molar-refractivity contribution in [2.75, 3.05) is 20.1 Å². The van der Waals surface area contributed by atoms with Crippen LogP contribution in [0.25, 0.3) is 0 Å². The molecule has 3 rings (SSSR count). The Morgan fingerprint density at radius 2 is 1.56 bits per heavy atom. The Kier molecular flexibility index (Phi) is 27.0. The molecule has 3 fully saturated rings. The van der Waals surface area contributed by atoms with Crippen LogP contribution in [0.3, 0.4) is 0 Å². The Bertz CT molecular complexity index is 680. The van der Waals surface area contributed by atoms with Crippen LogP contribution in [0, 0.1) is 11.8 Å². The summed E-state index contributed by atoms with van der Waals surface area (Å²) in [6.45, 7) is 18.1. The predicted octanol–water partition coefficient (Wildman–Crippen LogP) is 6.02. The van der Waals surface area contributed by atoms with E-state index in [0.29, 0.717) is 18.8 Å². The Labute approximate surface area is 252 Å². The zero-order chi connectivity index (χ0) is 31.6. The number of nitrogens with zero attached hydrogens (tertiary/aromatic N) is 1. The summed E-state index contributed by atoms with van der Waals surface area (Å²) in [5.74, 6) is 0.939. The third-order valence-corrected chi connectivity index (χ3v) is 7.16. The van der Waals surface area contributed by atoms with Gasteiger partial charge in [-0.3, -0.25) is 19.3 Å². The number of amides is 3. The van der Waals surface area contributed by atoms with E-state index in [4.69, 9.17) is 0 Å². The summed E-state index contributed by atoms with van der Waals surface area (Å²) in [4.78, 5) is 48.0. The quantitative estimate of drug-likeness (QED) is 0.216. The summed E-state index contributed by atoms with van der Waals surface area (Å²) < 4.78 is 0. The highest BCUT2D eigenvalue weighted by Crippen LogP contribution is 2.24. The van der Waals surface area contributed by atoms with E-state index in [1.807, 2.05) is 48.6 Å². The van der Waals surface area contributed by atoms with Crippen molar-refractivity contribution in [1.29, 1.82) is 0 Å². The lowest BCUT2D eigenvalue weighted by atomic mass is 9.88. The number of hydrogen-bond acceptors (Lipinski definition) is 5. The molecule has 1 aliphatic carbocycles. The first-order valence-corrected chi connectivity index (χ1v) is 16.7. The van der Waals surface area contributed by atoms with Crippen LogP contribution in [0.15, 0.2) is 0 Å². The molecule has 3 amide bonds. The molecule has 0 spiro atoms. The number of carbonyl (C=O) groups excluding carboxylic acids is 4. The van der Waals surface area contributed by atoms with E-state index in [1.165, 1.54) is 12.8 Å². The molecule has 0 aromatic heterocycles. The van der Waals surface area contributed by atoms with Gasteiger partial charge in [-0.05, 0) is 71.9 Å². The van der Waals surface area contributed by atoms with Crippen LogP contribution < -0.4 is 16.0 Å². The highest BCUT2D eigenvalue weighted by Gasteiger charge is 2.27. The monoisotopic (exact) mass is 583 g/mol. The second kappa shape index (κ2) is 26.9. The SMILES string of the molecule is CC.CC.CC(C)NC(=O)C1CCCN1C.CCC.O=C[C@H](CCCC[C@H]1CNC(=O)C1)NC(=O)C1CCCCC1. The van der Waals surface area contributed by atoms with Gasteiger partial charge in [-0.25, -0.2) is 0 Å². The summed E-state index contributed by atoms with van der Waals surface area (Å²) in [7, 11) is 2.01. The summed E-state index contributed by atoms with van der Waals surface area (Å²) in [5.41, 5.74) is 0. The van der Waals surface area contributed by atoms with Crippen molar-refractivity contribution >= 4 is 24.0 Å². The third-order valence-electron chi connectivity index (χ3n) is 7.16. The van der Waals surface area contributed by atoms with Crippen LogP contribution in [-0.2, 0) is 19.2 Å². The first kappa shape index (κ1) is 41.2. The molecule has 2 saturated heterocycles. The van der Waals surface area contributed by atoms with Crippen molar-refractivity contribution in [2.24, 2.45) is 11.8 Å². The fraction of sp³-hybridized carbons (Fsp3) is 0.879. The molecule has 8 heteroatoms. The van der Waals surface area contributed by atoms with Crippen LogP contribution in [-0.4, -0.2) is 67.2 Å². The first-order chi connectivity index (χ1) is 19.7. The van der Waals surface area contributed by atoms with Gasteiger partial charge in [0.1, 0.15) is 6.29 Å². The third kappa shape index (κ3) is 19.7. The number of hydrogen-bond donors (Lipinski definition) is 3. The van der Waals surface area contributed by atoms with E-state index in [2.05, 4.69) is 34.7 Å². The van der Waals surface area contributed by atoms with Gasteiger partial charge in [-0.1, -0.05) is 80.1 Å². The average molecular weight is 583 g/mol. The van der Waals surface area contributed by atoms with E-state index < -0.39 is 0 Å². The molecule has 8 nitrogen and oxygen atoms in total. The number of nitrogens with one attached hydrogen (secondary N) is 3. The van der Waals surface area contributed by atoms with Crippen molar-refractivity contribution in [1.82, 2.24) is 20.9 Å². The molecule has 0 radical (unpaired) electrons. The van der Waals surface area contributed by atoms with Crippen LogP contribution in [0.2, 0.25) is 0 Å². The Morgan fingerprint density at radius 3 is 2.02 bits per heavy atom. The van der Waals surface area contributed by atoms with Gasteiger partial charge in [0.25, 0.3) is 0 Å². The molecule has 1 unspecified atom stereocenters. The molecule has 0 aromatic carbocycles. The summed E-state index contributed by atoms with van der Waals surface area (Å²) in [6, 6.07) is 0.0247. The lowest BCUT2D eigenvalue weighted by molar-refractivity contribution is -0.128. The fourth-order valence-corrected chi connectivity index (χ4v) is 5.13. The molecule has 0 aromatic rings. The minimum atomic E-state index is -0.349. The van der Waals surface area contributed by atoms with E-state index in [-0.39, 0.29) is 41.8 Å². The number of aldehydes is 1. The fourth-order valence-electron chi connectivity index (χ4n) is 5.13. The summed E-state index contributed by atoms with van der Waals surface area (Å²) in [6.07, 6.45) is 13.9. The van der Waals surface area contributed by atoms with Crippen molar-refractivity contribution in [3.8, 4) is 0 Å². The van der Waals surface area contributed by atoms with Gasteiger partial charge in [-0.2, -0.15) is 0 Å². The first-order valence-electron chi connectivity index (χ1n) is 16.7. The molecule has 3 N–H and O–H groups in total. The van der Waals surface area contributed by atoms with E-state index >= 15 is 0 Å². The van der Waals surface area contributed by atoms with Gasteiger partial charge in [0.05, 0.1) is 12.1 Å². The standard InChI is InChI=1S/C17H28N2O3.C9H18N2O.C3H8.2C2H6/c20-12-15(19-17(22)14-7-2-1-3-8-14)9-5-4-6-13-10-16(21)18-11-13;1-7(2)10-9(12)8-5-4-6-11(8)3;1-3-2;2*1-2/h12-15H,1-11H2,(H,18,21)(H,19,22);7-8H,4-6H2,1-3H3,(H,10,12);3H2,1-2H3;2*1-2H3/t13-,15+;;;;/m1..../s1. The molecule has 3 aliphatic rings. The Hall–Kier alpha value is -1.96. The minimum Gasteiger partial charge on any atom is -0.356 e. The second-order valence-electron chi connectivity index (χ2n) is 11.3. The predicted molar refractivity (Wildman–Crippen MR) is 172 cm³/mol. The number of unbranched alkanes of at least 4 members (excludes halogenated alkanes) is 1. The van der Waals surface area contributed by atoms with Crippen molar-refractivity contribution in [3.05, 3.63) is 0 Å². The molecule has 2 aliphatic heterocycles. The number of carbonyl (C=O) groups is 4. The highest BCUT2D eigenvalue weighted by molar-refractivity contribution is 5.82. The molecule has 1 saturated carbocycles. The summed E-state index contributed by atoms with van der Waals surface area (Å²) >= 11 is 0. The van der Waals surface area contributed by atoms with Crippen LogP contribution >= 0.6 is 0 Å². The topological polar surface area (TPSA) is 108 Å². The minimum absolute atomic E-state index is 0.0578. The molecule has 0 bridgehead atoms. The smallest absolute Gasteiger partial charge is 0.237 e. The van der Waals surface area contributed by atoms with Gasteiger partial charge in [-0.15, -0.1) is 0 Å². The van der Waals surface area contributed by atoms with Gasteiger partial charge in [0.15, 0.2) is 0 Å². The molecule has 2 heterocycles. The van der Waals surface area contributed by atoms with Crippen molar-refractivity contribution < 1.29 is 19.2 Å². The number of likely N-dealkylation sites (N-methyl/N-ethyl adjacent to an activating group) is 1. The highest BCUT2D eigenvalue weighted by atomic mass is 16.2. The lowest BCUT2D eigenvalue weighted by Crippen LogP contribution is -2.43. The van der Waals surface area contributed by atoms with E-state index in [9.17, 15) is 19.2 Å². The van der Waals surface area contributed by atoms with Crippen molar-refractivity contribution in [3.63, 3.8) is 0 Å². The van der Waals surface area contributed by atoms with Gasteiger partial charge >= 0.3 is 0 Å². The second-order valence-corrected chi connectivity index (χ2v) is 11.3. The molecular formula is C33H66N4O4. The molecule has 3 atom stereocenters. The number of likely N-dealkylation sites (tertiary alicyclic amines) is 1. The maximum Gasteiger partial charge on any atom is 0.237 e. The van der Waals surface area contributed by atoms with Gasteiger partial charge in [0, 0.05) is 24.9 Å². The zero-order valence-electron chi connectivity index (χ0n) is 28.2. The molecule has 242 valence electrons. The van der Waals surface area contributed by atoms with Gasteiger partial charge < -0.3 is 20.7 Å². The van der Waals surface area contributed by atoms with E-state index in [0.717, 1.165) is 77.2 Å². The van der Waals surface area contributed by atoms with Crippen LogP contribution in [0.4, 0.5) is 0 Å². The number of rotatable bonds is 10. The zero-order valence-corrected chi connectivity index (χ0v) is 28.2. The van der Waals surface area contributed by atoms with Crippen molar-refractivity contribution in [2.45, 2.75) is 157 Å². The molecule has 41 heavy (non-hydrogen) atoms. The summed E-state index contributed by atoms with van der Waals surface area (Å²) in [5, 5.41) is 8.67.